The van der Waals surface area contributed by atoms with Crippen molar-refractivity contribution in [2.45, 2.75) is 51.7 Å². The summed E-state index contributed by atoms with van der Waals surface area (Å²) in [4.78, 5) is 26.5. The van der Waals surface area contributed by atoms with Gasteiger partial charge in [-0.1, -0.05) is 44.0 Å². The summed E-state index contributed by atoms with van der Waals surface area (Å²) in [5.41, 5.74) is 0.946. The molecule has 0 aromatic heterocycles. The summed E-state index contributed by atoms with van der Waals surface area (Å²) in [6, 6.07) is 6.63. The van der Waals surface area contributed by atoms with Crippen molar-refractivity contribution in [3.8, 4) is 0 Å². The highest BCUT2D eigenvalue weighted by atomic mass is 35.5. The van der Waals surface area contributed by atoms with E-state index in [0.717, 1.165) is 12.0 Å². The van der Waals surface area contributed by atoms with Crippen LogP contribution in [0.2, 0.25) is 5.02 Å². The van der Waals surface area contributed by atoms with Gasteiger partial charge in [0.1, 0.15) is 12.1 Å². The van der Waals surface area contributed by atoms with Gasteiger partial charge in [0.25, 0.3) is 0 Å². The summed E-state index contributed by atoms with van der Waals surface area (Å²) in [7, 11) is 0. The molecular weight excluding hydrogens is 288 g/mol. The molecule has 0 bridgehead atoms. The standard InChI is InChI=1S/C16H21ClN2O2/c1-3-6-14-15(20)18-13(4-2)16(21)19(14)10-11-7-5-8-12(17)9-11/h5,7-9,13-14H,3-4,6,10H2,1-2H3,(H,18,20). The van der Waals surface area contributed by atoms with Gasteiger partial charge in [0, 0.05) is 11.6 Å². The molecule has 1 fully saturated rings. The minimum atomic E-state index is -0.412. The van der Waals surface area contributed by atoms with Crippen LogP contribution in [0.4, 0.5) is 0 Å². The van der Waals surface area contributed by atoms with Gasteiger partial charge in [0.15, 0.2) is 0 Å². The fourth-order valence-electron chi connectivity index (χ4n) is 2.68. The van der Waals surface area contributed by atoms with Crippen molar-refractivity contribution in [3.05, 3.63) is 34.9 Å². The van der Waals surface area contributed by atoms with Gasteiger partial charge in [-0.2, -0.15) is 0 Å². The van der Waals surface area contributed by atoms with Crippen LogP contribution in [0.15, 0.2) is 24.3 Å². The van der Waals surface area contributed by atoms with Gasteiger partial charge in [0.2, 0.25) is 11.8 Å². The van der Waals surface area contributed by atoms with Crippen LogP contribution >= 0.6 is 11.6 Å². The zero-order valence-electron chi connectivity index (χ0n) is 12.4. The van der Waals surface area contributed by atoms with Gasteiger partial charge in [-0.05, 0) is 30.5 Å². The number of hydrogen-bond donors (Lipinski definition) is 1. The van der Waals surface area contributed by atoms with Crippen molar-refractivity contribution in [2.75, 3.05) is 0 Å². The van der Waals surface area contributed by atoms with E-state index in [9.17, 15) is 9.59 Å². The van der Waals surface area contributed by atoms with Gasteiger partial charge in [-0.15, -0.1) is 0 Å². The van der Waals surface area contributed by atoms with E-state index in [1.165, 1.54) is 0 Å². The molecule has 2 unspecified atom stereocenters. The third-order valence-electron chi connectivity index (χ3n) is 3.79. The maximum Gasteiger partial charge on any atom is 0.246 e. The lowest BCUT2D eigenvalue weighted by atomic mass is 10.0. The minimum Gasteiger partial charge on any atom is -0.343 e. The molecule has 21 heavy (non-hydrogen) atoms. The number of rotatable bonds is 5. The van der Waals surface area contributed by atoms with Gasteiger partial charge in [0.05, 0.1) is 0 Å². The molecule has 1 aliphatic heterocycles. The molecule has 2 amide bonds. The van der Waals surface area contributed by atoms with Crippen LogP contribution in [0.3, 0.4) is 0 Å². The van der Waals surface area contributed by atoms with E-state index in [1.807, 2.05) is 32.0 Å². The Kier molecular flexibility index (Phi) is 5.23. The Morgan fingerprint density at radius 3 is 2.67 bits per heavy atom. The number of benzene rings is 1. The summed E-state index contributed by atoms with van der Waals surface area (Å²) < 4.78 is 0. The van der Waals surface area contributed by atoms with Crippen LogP contribution in [-0.2, 0) is 16.1 Å². The van der Waals surface area contributed by atoms with Crippen molar-refractivity contribution in [1.29, 1.82) is 0 Å². The van der Waals surface area contributed by atoms with Gasteiger partial charge < -0.3 is 10.2 Å². The van der Waals surface area contributed by atoms with Crippen LogP contribution in [-0.4, -0.2) is 28.8 Å². The normalized spacial score (nSPS) is 22.3. The molecule has 5 heteroatoms. The van der Waals surface area contributed by atoms with Crippen LogP contribution < -0.4 is 5.32 Å². The predicted molar refractivity (Wildman–Crippen MR) is 82.9 cm³/mol. The summed E-state index contributed by atoms with van der Waals surface area (Å²) in [6.07, 6.45) is 2.14. The lowest BCUT2D eigenvalue weighted by Gasteiger charge is -2.38. The van der Waals surface area contributed by atoms with Crippen LogP contribution in [0.5, 0.6) is 0 Å². The highest BCUT2D eigenvalue weighted by Gasteiger charge is 2.38. The number of amides is 2. The number of halogens is 1. The third-order valence-corrected chi connectivity index (χ3v) is 4.02. The Morgan fingerprint density at radius 1 is 1.29 bits per heavy atom. The first-order valence-electron chi connectivity index (χ1n) is 7.42. The lowest BCUT2D eigenvalue weighted by molar-refractivity contribution is -0.150. The number of carbonyl (C=O) groups excluding carboxylic acids is 2. The summed E-state index contributed by atoms with van der Waals surface area (Å²) in [6.45, 7) is 4.34. The monoisotopic (exact) mass is 308 g/mol. The Morgan fingerprint density at radius 2 is 2.05 bits per heavy atom. The molecule has 1 aromatic carbocycles. The van der Waals surface area contributed by atoms with Crippen molar-refractivity contribution in [2.24, 2.45) is 0 Å². The summed E-state index contributed by atoms with van der Waals surface area (Å²) in [5.74, 6) is -0.0548. The average molecular weight is 309 g/mol. The fraction of sp³-hybridized carbons (Fsp3) is 0.500. The second-order valence-corrected chi connectivity index (χ2v) is 5.81. The number of nitrogens with one attached hydrogen (secondary N) is 1. The molecule has 1 heterocycles. The zero-order valence-corrected chi connectivity index (χ0v) is 13.2. The Balaban J connectivity index is 2.25. The maximum absolute atomic E-state index is 12.6. The van der Waals surface area contributed by atoms with Gasteiger partial charge >= 0.3 is 0 Å². The van der Waals surface area contributed by atoms with Crippen LogP contribution in [0.1, 0.15) is 38.7 Å². The molecule has 0 saturated carbocycles. The first-order valence-corrected chi connectivity index (χ1v) is 7.79. The molecule has 1 saturated heterocycles. The number of carbonyl (C=O) groups is 2. The SMILES string of the molecule is CCCC1C(=O)NC(CC)C(=O)N1Cc1cccc(Cl)c1. The first-order chi connectivity index (χ1) is 10.1. The number of piperazine rings is 1. The zero-order chi connectivity index (χ0) is 15.4. The average Bonchev–Trinajstić information content (AvgIpc) is 2.46. The van der Waals surface area contributed by atoms with Crippen molar-refractivity contribution in [3.63, 3.8) is 0 Å². The predicted octanol–water partition coefficient (Wildman–Crippen LogP) is 2.75. The molecule has 0 spiro atoms. The first kappa shape index (κ1) is 15.8. The number of nitrogens with zero attached hydrogens (tertiary/aromatic N) is 1. The Bertz CT molecular complexity index is 533. The van der Waals surface area contributed by atoms with E-state index in [1.54, 1.807) is 11.0 Å². The molecular formula is C16H21ClN2O2. The van der Waals surface area contributed by atoms with E-state index in [4.69, 9.17) is 11.6 Å². The van der Waals surface area contributed by atoms with E-state index < -0.39 is 6.04 Å². The van der Waals surface area contributed by atoms with E-state index in [-0.39, 0.29) is 17.9 Å². The van der Waals surface area contributed by atoms with E-state index in [2.05, 4.69) is 5.32 Å². The molecule has 114 valence electrons. The Hall–Kier alpha value is -1.55. The lowest BCUT2D eigenvalue weighted by Crippen LogP contribution is -2.62. The van der Waals surface area contributed by atoms with Crippen molar-refractivity contribution in [1.82, 2.24) is 10.2 Å². The molecule has 0 aliphatic carbocycles. The maximum atomic E-state index is 12.6. The summed E-state index contributed by atoms with van der Waals surface area (Å²) in [5, 5.41) is 3.46. The number of hydrogen-bond acceptors (Lipinski definition) is 2. The quantitative estimate of drug-likeness (QED) is 0.909. The summed E-state index contributed by atoms with van der Waals surface area (Å²) >= 11 is 6.00. The van der Waals surface area contributed by atoms with Crippen molar-refractivity contribution >= 4 is 23.4 Å². The molecule has 2 atom stereocenters. The van der Waals surface area contributed by atoms with Gasteiger partial charge in [-0.3, -0.25) is 9.59 Å². The molecule has 1 N–H and O–H groups in total. The second-order valence-electron chi connectivity index (χ2n) is 5.37. The highest BCUT2D eigenvalue weighted by molar-refractivity contribution is 6.30. The molecule has 0 radical (unpaired) electrons. The topological polar surface area (TPSA) is 49.4 Å². The molecule has 1 aliphatic rings. The highest BCUT2D eigenvalue weighted by Crippen LogP contribution is 2.20. The largest absolute Gasteiger partial charge is 0.343 e. The van der Waals surface area contributed by atoms with Crippen LogP contribution in [0, 0.1) is 0 Å². The molecule has 4 nitrogen and oxygen atoms in total. The van der Waals surface area contributed by atoms with Crippen molar-refractivity contribution < 1.29 is 9.59 Å². The Labute approximate surface area is 130 Å². The smallest absolute Gasteiger partial charge is 0.246 e. The van der Waals surface area contributed by atoms with E-state index >= 15 is 0 Å². The second kappa shape index (κ2) is 6.94. The molecule has 1 aromatic rings. The fourth-order valence-corrected chi connectivity index (χ4v) is 2.90. The van der Waals surface area contributed by atoms with Crippen LogP contribution in [0.25, 0.3) is 0 Å². The third kappa shape index (κ3) is 3.56. The minimum absolute atomic E-state index is 0.00414. The van der Waals surface area contributed by atoms with Gasteiger partial charge in [-0.25, -0.2) is 0 Å². The van der Waals surface area contributed by atoms with E-state index in [0.29, 0.717) is 24.4 Å². The molecule has 2 rings (SSSR count).